The van der Waals surface area contributed by atoms with Gasteiger partial charge < -0.3 is 20.3 Å². The summed E-state index contributed by atoms with van der Waals surface area (Å²) in [7, 11) is 0. The first-order valence-corrected chi connectivity index (χ1v) is 32.2. The molecule has 0 spiro atoms. The molecule has 3 N–H and O–H groups in total. The minimum absolute atomic E-state index is 0.00219. The van der Waals surface area contributed by atoms with Gasteiger partial charge in [0, 0.05) is 12.8 Å². The number of carbonyl (C=O) groups excluding carboxylic acids is 2. The average molecular weight is 1010 g/mol. The number of allylic oxidation sites excluding steroid dienone is 6. The number of aliphatic hydroxyl groups excluding tert-OH is 2. The van der Waals surface area contributed by atoms with E-state index in [2.05, 4.69) is 55.6 Å². The molecule has 0 saturated carbocycles. The first-order chi connectivity index (χ1) is 35.5. The molecule has 0 saturated heterocycles. The predicted octanol–water partition coefficient (Wildman–Crippen LogP) is 20.4. The van der Waals surface area contributed by atoms with Crippen LogP contribution in [0.25, 0.3) is 0 Å². The third-order valence-electron chi connectivity index (χ3n) is 14.9. The zero-order chi connectivity index (χ0) is 52.2. The Hall–Kier alpha value is -1.92. The first-order valence-electron chi connectivity index (χ1n) is 32.2. The van der Waals surface area contributed by atoms with E-state index in [9.17, 15) is 19.8 Å². The van der Waals surface area contributed by atoms with Crippen LogP contribution in [0.1, 0.15) is 348 Å². The van der Waals surface area contributed by atoms with E-state index in [0.29, 0.717) is 25.9 Å². The van der Waals surface area contributed by atoms with E-state index < -0.39 is 12.1 Å². The molecule has 0 aromatic heterocycles. The summed E-state index contributed by atoms with van der Waals surface area (Å²) in [5.41, 5.74) is 0. The molecule has 0 heterocycles. The number of aliphatic hydroxyl groups is 2. The van der Waals surface area contributed by atoms with Gasteiger partial charge in [0.25, 0.3) is 0 Å². The third kappa shape index (κ3) is 57.4. The molecule has 0 rings (SSSR count). The van der Waals surface area contributed by atoms with Gasteiger partial charge in [-0.2, -0.15) is 0 Å². The zero-order valence-corrected chi connectivity index (χ0v) is 48.4. The van der Waals surface area contributed by atoms with Crippen molar-refractivity contribution in [1.29, 1.82) is 0 Å². The molecule has 0 aromatic carbocycles. The van der Waals surface area contributed by atoms with Crippen LogP contribution in [0.3, 0.4) is 0 Å². The predicted molar refractivity (Wildman–Crippen MR) is 315 cm³/mol. The lowest BCUT2D eigenvalue weighted by Crippen LogP contribution is -2.45. The summed E-state index contributed by atoms with van der Waals surface area (Å²) >= 11 is 0. The highest BCUT2D eigenvalue weighted by molar-refractivity contribution is 5.76. The Bertz CT molecular complexity index is 1170. The van der Waals surface area contributed by atoms with Crippen LogP contribution >= 0.6 is 0 Å². The molecular formula is C66H125NO5. The number of amides is 1. The van der Waals surface area contributed by atoms with Gasteiger partial charge in [0.05, 0.1) is 25.4 Å². The molecule has 0 aliphatic carbocycles. The molecule has 0 fully saturated rings. The molecule has 0 aliphatic rings. The quantitative estimate of drug-likeness (QED) is 0.0320. The van der Waals surface area contributed by atoms with Gasteiger partial charge in [0.15, 0.2) is 0 Å². The molecular weight excluding hydrogens is 887 g/mol. The standard InChI is InChI=1S/C66H125NO5/c1-3-5-7-9-11-13-15-35-40-44-48-52-56-60-66(71)72-61-57-53-49-45-41-37-34-32-30-28-26-24-22-20-18-16-17-19-21-23-25-27-29-31-33-36-39-43-47-51-55-59-65(70)67-63(62-68)64(69)58-54-50-46-42-38-14-12-10-8-6-4-2/h7,9,13,15,18,20,63-64,68-69H,3-6,8,10-12,14,16-17,19,21-62H2,1-2H3,(H,67,70)/b9-7-,15-13-,20-18-. The number of ether oxygens (including phenoxy) is 1. The summed E-state index contributed by atoms with van der Waals surface area (Å²) in [6, 6.07) is -0.538. The molecule has 2 unspecified atom stereocenters. The second kappa shape index (κ2) is 61.6. The van der Waals surface area contributed by atoms with Crippen molar-refractivity contribution in [2.45, 2.75) is 360 Å². The Labute approximate surface area is 449 Å². The number of esters is 1. The normalized spacial score (nSPS) is 12.8. The zero-order valence-electron chi connectivity index (χ0n) is 48.4. The minimum Gasteiger partial charge on any atom is -0.466 e. The Balaban J connectivity index is 3.34. The van der Waals surface area contributed by atoms with Crippen LogP contribution in [0.5, 0.6) is 0 Å². The molecule has 424 valence electrons. The number of carbonyl (C=O) groups is 2. The van der Waals surface area contributed by atoms with E-state index >= 15 is 0 Å². The molecule has 1 amide bonds. The number of nitrogens with one attached hydrogen (secondary N) is 1. The fourth-order valence-electron chi connectivity index (χ4n) is 9.97. The monoisotopic (exact) mass is 1010 g/mol. The van der Waals surface area contributed by atoms with Crippen LogP contribution in [0.4, 0.5) is 0 Å². The van der Waals surface area contributed by atoms with E-state index in [1.165, 1.54) is 263 Å². The van der Waals surface area contributed by atoms with Gasteiger partial charge in [-0.25, -0.2) is 0 Å². The summed E-state index contributed by atoms with van der Waals surface area (Å²) in [5, 5.41) is 23.2. The lowest BCUT2D eigenvalue weighted by atomic mass is 10.0. The number of hydrogen-bond donors (Lipinski definition) is 3. The van der Waals surface area contributed by atoms with E-state index in [-0.39, 0.29) is 18.5 Å². The average Bonchev–Trinajstić information content (AvgIpc) is 3.38. The third-order valence-corrected chi connectivity index (χ3v) is 14.9. The number of unbranched alkanes of at least 4 members (excludes halogenated alkanes) is 43. The molecule has 0 aliphatic heterocycles. The fourth-order valence-corrected chi connectivity index (χ4v) is 9.97. The second-order valence-corrected chi connectivity index (χ2v) is 22.1. The van der Waals surface area contributed by atoms with Crippen molar-refractivity contribution in [3.05, 3.63) is 36.5 Å². The smallest absolute Gasteiger partial charge is 0.305 e. The van der Waals surface area contributed by atoms with Crippen LogP contribution in [-0.2, 0) is 14.3 Å². The van der Waals surface area contributed by atoms with Crippen molar-refractivity contribution in [2.24, 2.45) is 0 Å². The van der Waals surface area contributed by atoms with Gasteiger partial charge in [-0.15, -0.1) is 0 Å². The Morgan fingerprint density at radius 2 is 0.722 bits per heavy atom. The van der Waals surface area contributed by atoms with Crippen molar-refractivity contribution >= 4 is 11.9 Å². The Morgan fingerprint density at radius 3 is 1.12 bits per heavy atom. The van der Waals surface area contributed by atoms with Gasteiger partial charge in [-0.1, -0.05) is 294 Å². The maximum atomic E-state index is 12.5. The lowest BCUT2D eigenvalue weighted by Gasteiger charge is -2.22. The van der Waals surface area contributed by atoms with Crippen molar-refractivity contribution in [3.8, 4) is 0 Å². The van der Waals surface area contributed by atoms with Crippen molar-refractivity contribution in [2.75, 3.05) is 13.2 Å². The van der Waals surface area contributed by atoms with Crippen LogP contribution in [0, 0.1) is 0 Å². The molecule has 6 heteroatoms. The number of rotatable bonds is 60. The van der Waals surface area contributed by atoms with E-state index in [4.69, 9.17) is 4.74 Å². The van der Waals surface area contributed by atoms with Gasteiger partial charge in [-0.3, -0.25) is 9.59 Å². The molecule has 0 bridgehead atoms. The largest absolute Gasteiger partial charge is 0.466 e. The Morgan fingerprint density at radius 1 is 0.389 bits per heavy atom. The van der Waals surface area contributed by atoms with Gasteiger partial charge in [0.1, 0.15) is 0 Å². The van der Waals surface area contributed by atoms with Gasteiger partial charge in [-0.05, 0) is 77.0 Å². The van der Waals surface area contributed by atoms with Crippen LogP contribution in [0.15, 0.2) is 36.5 Å². The molecule has 72 heavy (non-hydrogen) atoms. The minimum atomic E-state index is -0.661. The SMILES string of the molecule is CCC/C=C\C/C=C\CCCCCCCC(=O)OCCCCCCCCCCCCCC/C=C\CCCCCCCCCCCCCCCCCC(=O)NC(CO)C(O)CCCCCCCCCCCCC. The van der Waals surface area contributed by atoms with Crippen molar-refractivity contribution in [1.82, 2.24) is 5.32 Å². The molecule has 0 aromatic rings. The summed E-state index contributed by atoms with van der Waals surface area (Å²) in [6.07, 6.45) is 77.5. The van der Waals surface area contributed by atoms with Gasteiger partial charge in [0.2, 0.25) is 5.91 Å². The summed E-state index contributed by atoms with van der Waals surface area (Å²) in [4.78, 5) is 24.5. The van der Waals surface area contributed by atoms with Crippen LogP contribution in [-0.4, -0.2) is 47.4 Å². The van der Waals surface area contributed by atoms with Gasteiger partial charge >= 0.3 is 5.97 Å². The highest BCUT2D eigenvalue weighted by atomic mass is 16.5. The van der Waals surface area contributed by atoms with Crippen molar-refractivity contribution < 1.29 is 24.5 Å². The summed E-state index contributed by atoms with van der Waals surface area (Å²) in [5.74, 6) is -0.0307. The summed E-state index contributed by atoms with van der Waals surface area (Å²) < 4.78 is 5.47. The molecule has 2 atom stereocenters. The fraction of sp³-hybridized carbons (Fsp3) is 0.879. The number of hydrogen-bond acceptors (Lipinski definition) is 5. The molecule has 0 radical (unpaired) electrons. The van der Waals surface area contributed by atoms with Crippen molar-refractivity contribution in [3.63, 3.8) is 0 Å². The topological polar surface area (TPSA) is 95.9 Å². The van der Waals surface area contributed by atoms with Crippen LogP contribution < -0.4 is 5.32 Å². The maximum absolute atomic E-state index is 12.5. The highest BCUT2D eigenvalue weighted by Gasteiger charge is 2.20. The highest BCUT2D eigenvalue weighted by Crippen LogP contribution is 2.18. The second-order valence-electron chi connectivity index (χ2n) is 22.1. The Kier molecular flexibility index (Phi) is 60.0. The van der Waals surface area contributed by atoms with Crippen LogP contribution in [0.2, 0.25) is 0 Å². The maximum Gasteiger partial charge on any atom is 0.305 e. The summed E-state index contributed by atoms with van der Waals surface area (Å²) in [6.45, 7) is 4.89. The first kappa shape index (κ1) is 70.1. The van der Waals surface area contributed by atoms with E-state index in [0.717, 1.165) is 51.4 Å². The van der Waals surface area contributed by atoms with E-state index in [1.54, 1.807) is 0 Å². The lowest BCUT2D eigenvalue weighted by molar-refractivity contribution is -0.143. The van der Waals surface area contributed by atoms with E-state index in [1.807, 2.05) is 0 Å². The molecule has 6 nitrogen and oxygen atoms in total.